The van der Waals surface area contributed by atoms with Crippen LogP contribution >= 0.6 is 7.14 Å². The van der Waals surface area contributed by atoms with Crippen LogP contribution in [0.2, 0.25) is 0 Å². The summed E-state index contributed by atoms with van der Waals surface area (Å²) in [5, 5.41) is 9.93. The average Bonchev–Trinajstić information content (AvgIpc) is 3.60. The third-order valence-corrected chi connectivity index (χ3v) is 13.1. The third-order valence-electron chi connectivity index (χ3n) is 10.0. The summed E-state index contributed by atoms with van der Waals surface area (Å²) in [6, 6.07) is 59.9. The highest BCUT2D eigenvalue weighted by Crippen LogP contribution is 2.53. The van der Waals surface area contributed by atoms with Crippen molar-refractivity contribution < 1.29 is 4.57 Å². The van der Waals surface area contributed by atoms with Crippen LogP contribution in [0.15, 0.2) is 170 Å². The molecule has 8 aromatic carbocycles. The van der Waals surface area contributed by atoms with Crippen LogP contribution in [0.5, 0.6) is 0 Å². The summed E-state index contributed by atoms with van der Waals surface area (Å²) in [5.41, 5.74) is 7.90. The van der Waals surface area contributed by atoms with E-state index in [1.54, 1.807) is 0 Å². The average molecular weight is 618 g/mol. The van der Waals surface area contributed by atoms with Crippen LogP contribution in [0.4, 0.5) is 0 Å². The SMILES string of the molecule is O=P1(c2ccccc2)c2ccccc2-c2cc3c4ccccc4n(-c4cccc5c(-c6cccc7ccccc67)cccc45)c3cc21. The standard InChI is InChI=1S/C44H28NOP/c46-47(30-15-2-1-3-16-30)43-26-9-7-19-37(43)39-27-38-36-18-6-8-24-40(36)45(42(38)28-44(39)47)41-25-12-22-34-33(21-11-23-35(34)41)32-20-10-14-29-13-4-5-17-31(29)32/h1-28H. The summed E-state index contributed by atoms with van der Waals surface area (Å²) in [6.07, 6.45) is 0. The highest BCUT2D eigenvalue weighted by molar-refractivity contribution is 7.86. The molecule has 3 heteroatoms. The van der Waals surface area contributed by atoms with Crippen LogP contribution in [0.1, 0.15) is 0 Å². The highest BCUT2D eigenvalue weighted by atomic mass is 31.2. The Balaban J connectivity index is 1.30. The van der Waals surface area contributed by atoms with E-state index in [9.17, 15) is 0 Å². The minimum Gasteiger partial charge on any atom is -0.309 e. The summed E-state index contributed by atoms with van der Waals surface area (Å²) in [7, 11) is -3.09. The second-order valence-corrected chi connectivity index (χ2v) is 15.1. The number of aromatic nitrogens is 1. The predicted octanol–water partition coefficient (Wildman–Crippen LogP) is 10.4. The van der Waals surface area contributed by atoms with Gasteiger partial charge in [-0.05, 0) is 62.7 Å². The Labute approximate surface area is 272 Å². The molecule has 1 aliphatic rings. The maximum Gasteiger partial charge on any atom is 0.172 e. The second-order valence-electron chi connectivity index (χ2n) is 12.4. The molecule has 1 unspecified atom stereocenters. The van der Waals surface area contributed by atoms with Crippen molar-refractivity contribution in [1.29, 1.82) is 0 Å². The van der Waals surface area contributed by atoms with Gasteiger partial charge in [0.25, 0.3) is 0 Å². The minimum absolute atomic E-state index is 0.873. The van der Waals surface area contributed by atoms with E-state index >= 15 is 4.57 Å². The van der Waals surface area contributed by atoms with Gasteiger partial charge in [0.1, 0.15) is 0 Å². The number of hydrogen-bond donors (Lipinski definition) is 0. The van der Waals surface area contributed by atoms with E-state index in [1.165, 1.54) is 38.1 Å². The van der Waals surface area contributed by atoms with Gasteiger partial charge in [-0.25, -0.2) is 0 Å². The van der Waals surface area contributed by atoms with E-state index in [2.05, 4.69) is 138 Å². The normalized spacial score (nSPS) is 15.4. The molecule has 1 atom stereocenters. The van der Waals surface area contributed by atoms with Crippen LogP contribution in [-0.4, -0.2) is 4.57 Å². The molecular weight excluding hydrogens is 589 g/mol. The molecule has 0 N–H and O–H groups in total. The number of benzene rings is 8. The van der Waals surface area contributed by atoms with Crippen molar-refractivity contribution in [2.24, 2.45) is 0 Å². The Morgan fingerprint density at radius 1 is 0.383 bits per heavy atom. The Kier molecular flexibility index (Phi) is 5.59. The molecule has 0 fully saturated rings. The lowest BCUT2D eigenvalue weighted by Crippen LogP contribution is -2.20. The Hall–Kier alpha value is -5.69. The predicted molar refractivity (Wildman–Crippen MR) is 200 cm³/mol. The molecule has 1 aromatic heterocycles. The monoisotopic (exact) mass is 617 g/mol. The molecule has 2 heterocycles. The third kappa shape index (κ3) is 3.65. The van der Waals surface area contributed by atoms with Gasteiger partial charge in [0.2, 0.25) is 0 Å². The molecule has 0 saturated heterocycles. The Bertz CT molecular complexity index is 2770. The largest absolute Gasteiger partial charge is 0.309 e. The van der Waals surface area contributed by atoms with E-state index in [1.807, 2.05) is 36.4 Å². The number of rotatable bonds is 3. The smallest absolute Gasteiger partial charge is 0.172 e. The highest BCUT2D eigenvalue weighted by Gasteiger charge is 2.40. The quantitative estimate of drug-likeness (QED) is 0.181. The first-order chi connectivity index (χ1) is 23.2. The van der Waals surface area contributed by atoms with Crippen molar-refractivity contribution >= 4 is 66.4 Å². The second kappa shape index (κ2) is 9.90. The fourth-order valence-corrected chi connectivity index (χ4v) is 11.0. The first kappa shape index (κ1) is 26.5. The number of nitrogens with zero attached hydrogens (tertiary/aromatic N) is 1. The van der Waals surface area contributed by atoms with Crippen molar-refractivity contribution in [1.82, 2.24) is 4.57 Å². The van der Waals surface area contributed by atoms with Crippen LogP contribution in [0.3, 0.4) is 0 Å². The van der Waals surface area contributed by atoms with Gasteiger partial charge in [-0.15, -0.1) is 0 Å². The molecule has 0 spiro atoms. The lowest BCUT2D eigenvalue weighted by Gasteiger charge is -2.17. The first-order valence-electron chi connectivity index (χ1n) is 16.1. The van der Waals surface area contributed by atoms with Gasteiger partial charge in [0.05, 0.1) is 16.7 Å². The molecular formula is C44H28NOP. The molecule has 47 heavy (non-hydrogen) atoms. The van der Waals surface area contributed by atoms with Gasteiger partial charge in [-0.2, -0.15) is 0 Å². The Morgan fingerprint density at radius 3 is 1.89 bits per heavy atom. The van der Waals surface area contributed by atoms with Crippen LogP contribution in [0, 0.1) is 0 Å². The van der Waals surface area contributed by atoms with Crippen LogP contribution < -0.4 is 15.9 Å². The summed E-state index contributed by atoms with van der Waals surface area (Å²) >= 11 is 0. The molecule has 10 rings (SSSR count). The van der Waals surface area contributed by atoms with Gasteiger partial charge in [0.15, 0.2) is 7.14 Å². The number of para-hydroxylation sites is 1. The molecule has 0 radical (unpaired) electrons. The lowest BCUT2D eigenvalue weighted by atomic mass is 9.93. The van der Waals surface area contributed by atoms with Crippen molar-refractivity contribution in [3.05, 3.63) is 170 Å². The summed E-state index contributed by atoms with van der Waals surface area (Å²) in [4.78, 5) is 0. The molecule has 9 aromatic rings. The summed E-state index contributed by atoms with van der Waals surface area (Å²) < 4.78 is 17.9. The fourth-order valence-electron chi connectivity index (χ4n) is 7.95. The van der Waals surface area contributed by atoms with Gasteiger partial charge < -0.3 is 9.13 Å². The van der Waals surface area contributed by atoms with Crippen molar-refractivity contribution in [3.63, 3.8) is 0 Å². The molecule has 0 amide bonds. The van der Waals surface area contributed by atoms with E-state index in [4.69, 9.17) is 0 Å². The first-order valence-corrected chi connectivity index (χ1v) is 17.8. The van der Waals surface area contributed by atoms with Gasteiger partial charge in [0, 0.05) is 32.1 Å². The van der Waals surface area contributed by atoms with E-state index in [0.29, 0.717) is 0 Å². The topological polar surface area (TPSA) is 22.0 Å². The zero-order valence-electron chi connectivity index (χ0n) is 25.5. The van der Waals surface area contributed by atoms with Crippen molar-refractivity contribution in [2.45, 2.75) is 0 Å². The van der Waals surface area contributed by atoms with Crippen LogP contribution in [0.25, 0.3) is 71.3 Å². The van der Waals surface area contributed by atoms with Crippen molar-refractivity contribution in [2.75, 3.05) is 0 Å². The van der Waals surface area contributed by atoms with E-state index in [-0.39, 0.29) is 0 Å². The molecule has 1 aliphatic heterocycles. The maximum atomic E-state index is 15.5. The van der Waals surface area contributed by atoms with Crippen LogP contribution in [-0.2, 0) is 4.57 Å². The fraction of sp³-hybridized carbons (Fsp3) is 0. The van der Waals surface area contributed by atoms with Crippen molar-refractivity contribution in [3.8, 4) is 27.9 Å². The molecule has 0 saturated carbocycles. The maximum absolute atomic E-state index is 15.5. The number of fused-ring (bicyclic) bond motifs is 8. The summed E-state index contributed by atoms with van der Waals surface area (Å²) in [6.45, 7) is 0. The van der Waals surface area contributed by atoms with Gasteiger partial charge >= 0.3 is 0 Å². The molecule has 220 valence electrons. The minimum atomic E-state index is -3.09. The zero-order chi connectivity index (χ0) is 31.1. The van der Waals surface area contributed by atoms with E-state index < -0.39 is 7.14 Å². The zero-order valence-corrected chi connectivity index (χ0v) is 26.4. The summed E-state index contributed by atoms with van der Waals surface area (Å²) in [5.74, 6) is 0. The van der Waals surface area contributed by atoms with Gasteiger partial charge in [-0.1, -0.05) is 146 Å². The number of hydrogen-bond acceptors (Lipinski definition) is 1. The Morgan fingerprint density at radius 2 is 1.00 bits per heavy atom. The molecule has 0 aliphatic carbocycles. The molecule has 2 nitrogen and oxygen atoms in total. The van der Waals surface area contributed by atoms with Gasteiger partial charge in [-0.3, -0.25) is 0 Å². The molecule has 0 bridgehead atoms. The van der Waals surface area contributed by atoms with E-state index in [0.717, 1.165) is 49.1 Å². The lowest BCUT2D eigenvalue weighted by molar-refractivity contribution is 0.593.